The average Bonchev–Trinajstić information content (AvgIpc) is 2.95. The summed E-state index contributed by atoms with van der Waals surface area (Å²) >= 11 is 0. The van der Waals surface area contributed by atoms with E-state index in [4.69, 9.17) is 5.11 Å². The van der Waals surface area contributed by atoms with Crippen molar-refractivity contribution in [3.63, 3.8) is 0 Å². The fraction of sp³-hybridized carbons (Fsp3) is 0.545. The minimum absolute atomic E-state index is 0.0112. The number of urea groups is 1. The Bertz CT molecular complexity index is 487. The summed E-state index contributed by atoms with van der Waals surface area (Å²) in [6.45, 7) is 2.60. The first-order valence-electron chi connectivity index (χ1n) is 6.03. The molecule has 19 heavy (non-hydrogen) atoms. The Kier molecular flexibility index (Phi) is 3.70. The van der Waals surface area contributed by atoms with Crippen LogP contribution in [0.25, 0.3) is 0 Å². The van der Waals surface area contributed by atoms with Crippen molar-refractivity contribution in [2.24, 2.45) is 0 Å². The number of aromatic nitrogens is 2. The van der Waals surface area contributed by atoms with E-state index in [1.54, 1.807) is 16.9 Å². The number of carboxylic acid groups (broad SMARTS) is 1. The number of aliphatic carboxylic acids is 1. The predicted octanol–water partition coefficient (Wildman–Crippen LogP) is -0.0453. The van der Waals surface area contributed by atoms with E-state index in [0.717, 1.165) is 4.90 Å². The van der Waals surface area contributed by atoms with Crippen LogP contribution in [-0.2, 0) is 11.3 Å². The molecule has 0 aliphatic carbocycles. The van der Waals surface area contributed by atoms with Gasteiger partial charge in [0.2, 0.25) is 0 Å². The van der Waals surface area contributed by atoms with Crippen molar-refractivity contribution in [2.45, 2.75) is 32.0 Å². The van der Waals surface area contributed by atoms with Crippen molar-refractivity contribution in [3.8, 4) is 0 Å². The maximum atomic E-state index is 12.0. The number of nitrogens with one attached hydrogen (secondary N) is 1. The average molecular weight is 268 g/mol. The Morgan fingerprint density at radius 2 is 2.32 bits per heavy atom. The summed E-state index contributed by atoms with van der Waals surface area (Å²) in [5, 5.41) is 25.1. The summed E-state index contributed by atoms with van der Waals surface area (Å²) < 4.78 is 1.64. The van der Waals surface area contributed by atoms with Gasteiger partial charge >= 0.3 is 12.0 Å². The van der Waals surface area contributed by atoms with Crippen molar-refractivity contribution < 1.29 is 19.8 Å². The number of aryl methyl sites for hydroxylation is 1. The van der Waals surface area contributed by atoms with E-state index in [2.05, 4.69) is 10.4 Å². The van der Waals surface area contributed by atoms with Crippen LogP contribution in [0, 0.1) is 0 Å². The second kappa shape index (κ2) is 5.27. The van der Waals surface area contributed by atoms with Gasteiger partial charge in [0, 0.05) is 31.8 Å². The zero-order chi connectivity index (χ0) is 14.0. The molecule has 8 nitrogen and oxygen atoms in total. The van der Waals surface area contributed by atoms with E-state index in [-0.39, 0.29) is 13.0 Å². The summed E-state index contributed by atoms with van der Waals surface area (Å²) in [5.41, 5.74) is 0. The third-order valence-corrected chi connectivity index (χ3v) is 3.02. The quantitative estimate of drug-likeness (QED) is 0.712. The zero-order valence-electron chi connectivity index (χ0n) is 10.5. The highest BCUT2D eigenvalue weighted by molar-refractivity contribution is 5.92. The Morgan fingerprint density at radius 3 is 2.89 bits per heavy atom. The highest BCUT2D eigenvalue weighted by atomic mass is 16.4. The number of carbonyl (C=O) groups excluding carboxylic acids is 1. The number of carbonyl (C=O) groups is 2. The minimum atomic E-state index is -1.12. The molecule has 2 amide bonds. The van der Waals surface area contributed by atoms with E-state index in [0.29, 0.717) is 12.4 Å². The third-order valence-electron chi connectivity index (χ3n) is 3.02. The number of aliphatic hydroxyl groups excluding tert-OH is 1. The highest BCUT2D eigenvalue weighted by Crippen LogP contribution is 2.19. The molecule has 3 N–H and O–H groups in total. The maximum absolute atomic E-state index is 12.0. The normalized spacial score (nSPS) is 22.5. The first-order chi connectivity index (χ1) is 9.01. The van der Waals surface area contributed by atoms with Gasteiger partial charge in [0.1, 0.15) is 6.04 Å². The van der Waals surface area contributed by atoms with Crippen LogP contribution in [-0.4, -0.2) is 55.6 Å². The van der Waals surface area contributed by atoms with Crippen LogP contribution in [0.3, 0.4) is 0 Å². The van der Waals surface area contributed by atoms with Crippen LogP contribution in [0.4, 0.5) is 10.6 Å². The molecule has 0 unspecified atom stereocenters. The third kappa shape index (κ3) is 2.84. The smallest absolute Gasteiger partial charge is 0.326 e. The van der Waals surface area contributed by atoms with Crippen molar-refractivity contribution >= 4 is 17.8 Å². The molecule has 2 heterocycles. The van der Waals surface area contributed by atoms with Crippen molar-refractivity contribution in [3.05, 3.63) is 12.3 Å². The molecule has 2 atom stereocenters. The van der Waals surface area contributed by atoms with Crippen LogP contribution in [0.5, 0.6) is 0 Å². The van der Waals surface area contributed by atoms with Crippen LogP contribution in [0.1, 0.15) is 13.3 Å². The first kappa shape index (κ1) is 13.3. The summed E-state index contributed by atoms with van der Waals surface area (Å²) in [7, 11) is 0. The summed E-state index contributed by atoms with van der Waals surface area (Å²) in [6, 6.07) is 0.0671. The van der Waals surface area contributed by atoms with Crippen molar-refractivity contribution in [1.29, 1.82) is 0 Å². The number of carboxylic acids is 1. The lowest BCUT2D eigenvalue weighted by Gasteiger charge is -2.20. The van der Waals surface area contributed by atoms with Gasteiger partial charge in [-0.05, 0) is 6.92 Å². The fourth-order valence-electron chi connectivity index (χ4n) is 2.06. The zero-order valence-corrected chi connectivity index (χ0v) is 10.5. The number of hydrogen-bond acceptors (Lipinski definition) is 4. The number of aliphatic hydroxyl groups is 1. The summed E-state index contributed by atoms with van der Waals surface area (Å²) in [4.78, 5) is 24.1. The monoisotopic (exact) mass is 268 g/mol. The SMILES string of the molecule is CCn1ccc(NC(=O)N2C[C@H](O)C[C@@H]2C(=O)O)n1. The topological polar surface area (TPSA) is 108 Å². The van der Waals surface area contributed by atoms with E-state index < -0.39 is 24.1 Å². The molecular formula is C11H16N4O4. The molecule has 104 valence electrons. The lowest BCUT2D eigenvalue weighted by Crippen LogP contribution is -2.43. The predicted molar refractivity (Wildman–Crippen MR) is 65.7 cm³/mol. The number of hydrogen-bond donors (Lipinski definition) is 3. The van der Waals surface area contributed by atoms with E-state index in [1.165, 1.54) is 0 Å². The molecular weight excluding hydrogens is 252 g/mol. The van der Waals surface area contributed by atoms with E-state index in [9.17, 15) is 14.7 Å². The summed E-state index contributed by atoms with van der Waals surface area (Å²) in [5.74, 6) is -0.761. The molecule has 0 radical (unpaired) electrons. The molecule has 0 bridgehead atoms. The molecule has 1 aliphatic rings. The van der Waals surface area contributed by atoms with Gasteiger partial charge in [0.05, 0.1) is 6.10 Å². The van der Waals surface area contributed by atoms with Crippen LogP contribution in [0.15, 0.2) is 12.3 Å². The molecule has 1 aliphatic heterocycles. The molecule has 0 aromatic carbocycles. The van der Waals surface area contributed by atoms with Gasteiger partial charge in [0.15, 0.2) is 5.82 Å². The molecule has 1 saturated heterocycles. The number of nitrogens with zero attached hydrogens (tertiary/aromatic N) is 3. The van der Waals surface area contributed by atoms with Gasteiger partial charge in [0.25, 0.3) is 0 Å². The second-order valence-electron chi connectivity index (χ2n) is 4.38. The van der Waals surface area contributed by atoms with Gasteiger partial charge < -0.3 is 15.1 Å². The highest BCUT2D eigenvalue weighted by Gasteiger charge is 2.39. The molecule has 0 spiro atoms. The molecule has 8 heteroatoms. The number of rotatable bonds is 3. The molecule has 1 aromatic rings. The second-order valence-corrected chi connectivity index (χ2v) is 4.38. The minimum Gasteiger partial charge on any atom is -0.480 e. The standard InChI is InChI=1S/C11H16N4O4/c1-2-14-4-3-9(13-14)12-11(19)15-6-7(16)5-8(15)10(17)18/h3-4,7-8,16H,2,5-6H2,1H3,(H,17,18)(H,12,13,19)/t7-,8-/m1/s1. The number of likely N-dealkylation sites (tertiary alicyclic amines) is 1. The lowest BCUT2D eigenvalue weighted by atomic mass is 10.2. The lowest BCUT2D eigenvalue weighted by molar-refractivity contribution is -0.141. The van der Waals surface area contributed by atoms with Gasteiger partial charge in [-0.15, -0.1) is 0 Å². The number of β-amino-alcohol motifs (C(OH)–C–C–N with tert-alkyl or cyclic N) is 1. The first-order valence-corrected chi connectivity index (χ1v) is 6.03. The Labute approximate surface area is 109 Å². The van der Waals surface area contributed by atoms with Gasteiger partial charge in [-0.25, -0.2) is 9.59 Å². The largest absolute Gasteiger partial charge is 0.480 e. The fourth-order valence-corrected chi connectivity index (χ4v) is 2.06. The maximum Gasteiger partial charge on any atom is 0.326 e. The van der Waals surface area contributed by atoms with E-state index >= 15 is 0 Å². The number of amides is 2. The van der Waals surface area contributed by atoms with E-state index in [1.807, 2.05) is 6.92 Å². The summed E-state index contributed by atoms with van der Waals surface area (Å²) in [6.07, 6.45) is 0.954. The van der Waals surface area contributed by atoms with Crippen LogP contribution >= 0.6 is 0 Å². The van der Waals surface area contributed by atoms with Gasteiger partial charge in [-0.3, -0.25) is 10.00 Å². The van der Waals surface area contributed by atoms with Crippen molar-refractivity contribution in [2.75, 3.05) is 11.9 Å². The van der Waals surface area contributed by atoms with Crippen molar-refractivity contribution in [1.82, 2.24) is 14.7 Å². The Balaban J connectivity index is 2.04. The van der Waals surface area contributed by atoms with Gasteiger partial charge in [-0.2, -0.15) is 5.10 Å². The Morgan fingerprint density at radius 1 is 1.58 bits per heavy atom. The molecule has 2 rings (SSSR count). The Hall–Kier alpha value is -2.09. The molecule has 0 saturated carbocycles. The van der Waals surface area contributed by atoms with Crippen LogP contribution < -0.4 is 5.32 Å². The molecule has 1 aromatic heterocycles. The van der Waals surface area contributed by atoms with Crippen LogP contribution in [0.2, 0.25) is 0 Å². The van der Waals surface area contributed by atoms with Gasteiger partial charge in [-0.1, -0.05) is 0 Å². The number of anilines is 1. The molecule has 1 fully saturated rings.